The van der Waals surface area contributed by atoms with Crippen LogP contribution in [0, 0.1) is 6.92 Å². The average molecular weight is 457 g/mol. The standard InChI is InChI=1S/C26H20N2O4S/c1-16-6-8-17(9-7-16)14-28-25(31)21-4-2-3-5-22(21)27-26(28)33-15-18-12-24(30)32-23-13-19(29)10-11-20(18)23/h2-13,29H,14-15H2,1H3. The number of thioether (sulfide) groups is 1. The van der Waals surface area contributed by atoms with Crippen molar-refractivity contribution in [3.05, 3.63) is 110 Å². The van der Waals surface area contributed by atoms with Crippen LogP contribution in [0.4, 0.5) is 0 Å². The van der Waals surface area contributed by atoms with Gasteiger partial charge in [0.25, 0.3) is 5.56 Å². The van der Waals surface area contributed by atoms with Gasteiger partial charge in [-0.05, 0) is 42.3 Å². The number of hydrogen-bond donors (Lipinski definition) is 1. The molecule has 0 unspecified atom stereocenters. The van der Waals surface area contributed by atoms with Gasteiger partial charge in [-0.25, -0.2) is 9.78 Å². The summed E-state index contributed by atoms with van der Waals surface area (Å²) in [4.78, 5) is 30.2. The number of phenols is 1. The van der Waals surface area contributed by atoms with Crippen molar-refractivity contribution in [2.24, 2.45) is 0 Å². The predicted octanol–water partition coefficient (Wildman–Crippen LogP) is 4.86. The molecule has 0 saturated heterocycles. The number of nitrogens with zero attached hydrogens (tertiary/aromatic N) is 2. The molecule has 0 aliphatic heterocycles. The molecule has 0 saturated carbocycles. The maximum absolute atomic E-state index is 13.4. The third-order valence-corrected chi connectivity index (χ3v) is 6.48. The normalized spacial score (nSPS) is 11.3. The van der Waals surface area contributed by atoms with Gasteiger partial charge >= 0.3 is 5.63 Å². The molecule has 0 aliphatic rings. The van der Waals surface area contributed by atoms with Gasteiger partial charge in [-0.2, -0.15) is 0 Å². The lowest BCUT2D eigenvalue weighted by molar-refractivity contribution is 0.473. The van der Waals surface area contributed by atoms with Gasteiger partial charge in [0.2, 0.25) is 0 Å². The highest BCUT2D eigenvalue weighted by Crippen LogP contribution is 2.28. The van der Waals surface area contributed by atoms with E-state index in [1.165, 1.54) is 23.9 Å². The summed E-state index contributed by atoms with van der Waals surface area (Å²) in [7, 11) is 0. The largest absolute Gasteiger partial charge is 0.508 e. The molecule has 0 amide bonds. The van der Waals surface area contributed by atoms with Gasteiger partial charge in [0, 0.05) is 23.3 Å². The van der Waals surface area contributed by atoms with Crippen molar-refractivity contribution in [2.75, 3.05) is 0 Å². The summed E-state index contributed by atoms with van der Waals surface area (Å²) in [5, 5.41) is 11.6. The van der Waals surface area contributed by atoms with Gasteiger partial charge in [-0.15, -0.1) is 0 Å². The highest BCUT2D eigenvalue weighted by atomic mass is 32.2. The number of phenolic OH excluding ortho intramolecular Hbond substituents is 1. The summed E-state index contributed by atoms with van der Waals surface area (Å²) >= 11 is 1.39. The van der Waals surface area contributed by atoms with Crippen molar-refractivity contribution in [3.63, 3.8) is 0 Å². The van der Waals surface area contributed by atoms with Gasteiger partial charge in [0.05, 0.1) is 17.4 Å². The summed E-state index contributed by atoms with van der Waals surface area (Å²) in [6.45, 7) is 2.42. The molecule has 2 heterocycles. The molecule has 0 atom stereocenters. The molecule has 0 fully saturated rings. The lowest BCUT2D eigenvalue weighted by Gasteiger charge is -2.14. The molecule has 5 aromatic rings. The third-order valence-electron chi connectivity index (χ3n) is 5.46. The van der Waals surface area contributed by atoms with Crippen molar-refractivity contribution < 1.29 is 9.52 Å². The van der Waals surface area contributed by atoms with Gasteiger partial charge in [0.15, 0.2) is 5.16 Å². The zero-order valence-electron chi connectivity index (χ0n) is 17.8. The molecule has 33 heavy (non-hydrogen) atoms. The third kappa shape index (κ3) is 4.27. The van der Waals surface area contributed by atoms with Gasteiger partial charge in [-0.1, -0.05) is 53.7 Å². The Morgan fingerprint density at radius 3 is 2.58 bits per heavy atom. The topological polar surface area (TPSA) is 85.3 Å². The fraction of sp³-hybridized carbons (Fsp3) is 0.115. The van der Waals surface area contributed by atoms with Crippen LogP contribution in [0.5, 0.6) is 5.75 Å². The first kappa shape index (κ1) is 21.0. The van der Waals surface area contributed by atoms with Crippen LogP contribution in [-0.2, 0) is 12.3 Å². The number of hydrogen-bond acceptors (Lipinski definition) is 6. The Morgan fingerprint density at radius 1 is 0.970 bits per heavy atom. The summed E-state index contributed by atoms with van der Waals surface area (Å²) in [6.07, 6.45) is 0. The smallest absolute Gasteiger partial charge is 0.336 e. The summed E-state index contributed by atoms with van der Waals surface area (Å²) in [5.74, 6) is 0.435. The molecule has 6 nitrogen and oxygen atoms in total. The predicted molar refractivity (Wildman–Crippen MR) is 130 cm³/mol. The summed E-state index contributed by atoms with van der Waals surface area (Å²) in [6, 6.07) is 21.5. The van der Waals surface area contributed by atoms with E-state index >= 15 is 0 Å². The number of para-hydroxylation sites is 1. The maximum atomic E-state index is 13.4. The van der Waals surface area contributed by atoms with Crippen molar-refractivity contribution in [3.8, 4) is 5.75 Å². The van der Waals surface area contributed by atoms with Gasteiger partial charge in [0.1, 0.15) is 11.3 Å². The molecule has 7 heteroatoms. The monoisotopic (exact) mass is 456 g/mol. The van der Waals surface area contributed by atoms with Crippen LogP contribution in [0.3, 0.4) is 0 Å². The first-order valence-electron chi connectivity index (χ1n) is 10.4. The van der Waals surface area contributed by atoms with Crippen molar-refractivity contribution in [2.45, 2.75) is 24.4 Å². The highest BCUT2D eigenvalue weighted by molar-refractivity contribution is 7.98. The van der Waals surface area contributed by atoms with E-state index in [1.54, 1.807) is 22.8 Å². The lowest BCUT2D eigenvalue weighted by Crippen LogP contribution is -2.24. The minimum atomic E-state index is -0.493. The fourth-order valence-electron chi connectivity index (χ4n) is 3.75. The number of aromatic nitrogens is 2. The lowest BCUT2D eigenvalue weighted by atomic mass is 10.1. The van der Waals surface area contributed by atoms with E-state index in [0.717, 1.165) is 22.1 Å². The number of aromatic hydroxyl groups is 1. The molecule has 164 valence electrons. The van der Waals surface area contributed by atoms with Gasteiger partial charge < -0.3 is 9.52 Å². The molecular weight excluding hydrogens is 436 g/mol. The van der Waals surface area contributed by atoms with Crippen LogP contribution in [-0.4, -0.2) is 14.7 Å². The van der Waals surface area contributed by atoms with E-state index in [2.05, 4.69) is 0 Å². The average Bonchev–Trinajstić information content (AvgIpc) is 2.80. The quantitative estimate of drug-likeness (QED) is 0.231. The Hall–Kier alpha value is -3.84. The minimum absolute atomic E-state index is 0.0265. The second-order valence-electron chi connectivity index (χ2n) is 7.85. The Kier molecular flexibility index (Phi) is 5.48. The Balaban J connectivity index is 1.58. The molecule has 5 rings (SSSR count). The first-order chi connectivity index (χ1) is 16.0. The molecule has 2 aromatic heterocycles. The summed E-state index contributed by atoms with van der Waals surface area (Å²) in [5.41, 5.74) is 3.25. The molecule has 3 aromatic carbocycles. The van der Waals surface area contributed by atoms with Gasteiger partial charge in [-0.3, -0.25) is 9.36 Å². The van der Waals surface area contributed by atoms with Crippen LogP contribution in [0.2, 0.25) is 0 Å². The van der Waals surface area contributed by atoms with Crippen LogP contribution < -0.4 is 11.2 Å². The molecule has 0 aliphatic carbocycles. The first-order valence-corrected chi connectivity index (χ1v) is 11.4. The summed E-state index contributed by atoms with van der Waals surface area (Å²) < 4.78 is 6.91. The van der Waals surface area contributed by atoms with E-state index in [9.17, 15) is 14.7 Å². The molecule has 1 N–H and O–H groups in total. The maximum Gasteiger partial charge on any atom is 0.336 e. The minimum Gasteiger partial charge on any atom is -0.508 e. The van der Waals surface area contributed by atoms with Crippen LogP contribution in [0.1, 0.15) is 16.7 Å². The second kappa shape index (κ2) is 8.60. The number of aryl methyl sites for hydroxylation is 1. The number of fused-ring (bicyclic) bond motifs is 2. The zero-order chi connectivity index (χ0) is 22.9. The van der Waals surface area contributed by atoms with Crippen LogP contribution in [0.15, 0.2) is 92.0 Å². The number of benzene rings is 3. The van der Waals surface area contributed by atoms with E-state index in [1.807, 2.05) is 49.4 Å². The molecule has 0 radical (unpaired) electrons. The van der Waals surface area contributed by atoms with Crippen molar-refractivity contribution in [1.29, 1.82) is 0 Å². The Bertz CT molecular complexity index is 1600. The van der Waals surface area contributed by atoms with Crippen molar-refractivity contribution in [1.82, 2.24) is 9.55 Å². The molecule has 0 bridgehead atoms. The SMILES string of the molecule is Cc1ccc(Cn2c(SCc3cc(=O)oc4cc(O)ccc34)nc3ccccc3c2=O)cc1. The van der Waals surface area contributed by atoms with Crippen LogP contribution in [0.25, 0.3) is 21.9 Å². The van der Waals surface area contributed by atoms with E-state index in [0.29, 0.717) is 33.9 Å². The van der Waals surface area contributed by atoms with E-state index in [4.69, 9.17) is 9.40 Å². The highest BCUT2D eigenvalue weighted by Gasteiger charge is 2.14. The second-order valence-corrected chi connectivity index (χ2v) is 8.79. The Labute approximate surface area is 193 Å². The fourth-order valence-corrected chi connectivity index (χ4v) is 4.74. The molecule has 0 spiro atoms. The number of rotatable bonds is 5. The zero-order valence-corrected chi connectivity index (χ0v) is 18.6. The van der Waals surface area contributed by atoms with E-state index in [-0.39, 0.29) is 11.3 Å². The van der Waals surface area contributed by atoms with E-state index < -0.39 is 5.63 Å². The Morgan fingerprint density at radius 2 is 1.76 bits per heavy atom. The van der Waals surface area contributed by atoms with Crippen LogP contribution >= 0.6 is 11.8 Å². The van der Waals surface area contributed by atoms with Crippen molar-refractivity contribution >= 4 is 33.6 Å². The molecular formula is C26H20N2O4S.